The van der Waals surface area contributed by atoms with Crippen molar-refractivity contribution < 1.29 is 42.5 Å². The lowest BCUT2D eigenvalue weighted by atomic mass is 10.2. The van der Waals surface area contributed by atoms with Crippen molar-refractivity contribution in [2.75, 3.05) is 6.61 Å². The maximum absolute atomic E-state index is 12.6. The molecular weight excluding hydrogens is 368 g/mol. The number of fused-ring (bicyclic) bond motifs is 2. The Morgan fingerprint density at radius 3 is 2.67 bits per heavy atom. The zero-order valence-electron chi connectivity index (χ0n) is 13.8. The molecule has 1 aliphatic rings. The van der Waals surface area contributed by atoms with Crippen molar-refractivity contribution in [1.29, 1.82) is 0 Å². The average Bonchev–Trinajstić information content (AvgIpc) is 3.11. The standard InChI is InChI=1S/C9H6F2O5.C8H7NO2/c10-9(11)15-6-2-1-5(3-7(6)16-9)14-4-8(12)13;1-5-7-4-6(10)2-3-8(7)11-9-5/h1-3H,4H2,(H,12,13);2-4,10H,1H3. The summed E-state index contributed by atoms with van der Waals surface area (Å²) < 4.78 is 43.2. The Morgan fingerprint density at radius 2 is 1.93 bits per heavy atom. The summed E-state index contributed by atoms with van der Waals surface area (Å²) in [6, 6.07) is 8.58. The van der Waals surface area contributed by atoms with Gasteiger partial charge in [-0.1, -0.05) is 5.16 Å². The Hall–Kier alpha value is -3.56. The van der Waals surface area contributed by atoms with E-state index < -0.39 is 18.9 Å². The van der Waals surface area contributed by atoms with Crippen LogP contribution in [0.15, 0.2) is 40.9 Å². The number of carboxylic acids is 1. The molecule has 1 aromatic heterocycles. The molecule has 0 saturated heterocycles. The molecule has 4 rings (SSSR count). The number of carbonyl (C=O) groups is 1. The summed E-state index contributed by atoms with van der Waals surface area (Å²) in [6.45, 7) is 1.28. The van der Waals surface area contributed by atoms with E-state index in [9.17, 15) is 13.6 Å². The molecule has 0 saturated carbocycles. The quantitative estimate of drug-likeness (QED) is 0.711. The van der Waals surface area contributed by atoms with Crippen LogP contribution in [-0.2, 0) is 4.79 Å². The van der Waals surface area contributed by atoms with Gasteiger partial charge < -0.3 is 28.9 Å². The normalized spacial score (nSPS) is 13.7. The van der Waals surface area contributed by atoms with Crippen LogP contribution in [0, 0.1) is 6.92 Å². The summed E-state index contributed by atoms with van der Waals surface area (Å²) in [5.74, 6) is -1.12. The van der Waals surface area contributed by atoms with Gasteiger partial charge in [0.2, 0.25) is 0 Å². The first kappa shape index (κ1) is 18.2. The van der Waals surface area contributed by atoms with E-state index in [4.69, 9.17) is 19.5 Å². The van der Waals surface area contributed by atoms with E-state index in [1.165, 1.54) is 12.1 Å². The first-order chi connectivity index (χ1) is 12.7. The monoisotopic (exact) mass is 381 g/mol. The number of rotatable bonds is 3. The lowest BCUT2D eigenvalue weighted by Crippen LogP contribution is -2.25. The second kappa shape index (κ2) is 6.98. The number of alkyl halides is 2. The lowest BCUT2D eigenvalue weighted by Gasteiger charge is -2.04. The van der Waals surface area contributed by atoms with Crippen LogP contribution in [0.5, 0.6) is 23.0 Å². The number of aryl methyl sites for hydroxylation is 1. The van der Waals surface area contributed by atoms with Gasteiger partial charge in [-0.3, -0.25) is 0 Å². The molecule has 2 aromatic carbocycles. The number of benzene rings is 2. The second-order valence-corrected chi connectivity index (χ2v) is 5.41. The molecule has 3 aromatic rings. The highest BCUT2D eigenvalue weighted by molar-refractivity contribution is 5.80. The molecule has 2 N–H and O–H groups in total. The average molecular weight is 381 g/mol. The van der Waals surface area contributed by atoms with Gasteiger partial charge in [0.05, 0.1) is 5.69 Å². The molecule has 8 nitrogen and oxygen atoms in total. The number of aromatic nitrogens is 1. The molecule has 0 fully saturated rings. The van der Waals surface area contributed by atoms with Crippen LogP contribution in [0.25, 0.3) is 11.0 Å². The van der Waals surface area contributed by atoms with Crippen LogP contribution in [0.3, 0.4) is 0 Å². The minimum absolute atomic E-state index is 0.113. The predicted molar refractivity (Wildman–Crippen MR) is 86.2 cm³/mol. The third-order valence-corrected chi connectivity index (χ3v) is 3.37. The molecule has 1 aliphatic heterocycles. The maximum Gasteiger partial charge on any atom is 0.586 e. The number of ether oxygens (including phenoxy) is 3. The van der Waals surface area contributed by atoms with Gasteiger partial charge in [0.25, 0.3) is 0 Å². The van der Waals surface area contributed by atoms with E-state index in [1.54, 1.807) is 18.2 Å². The van der Waals surface area contributed by atoms with Crippen molar-refractivity contribution in [3.63, 3.8) is 0 Å². The van der Waals surface area contributed by atoms with Gasteiger partial charge >= 0.3 is 12.3 Å². The van der Waals surface area contributed by atoms with E-state index in [-0.39, 0.29) is 23.0 Å². The fourth-order valence-electron chi connectivity index (χ4n) is 2.21. The van der Waals surface area contributed by atoms with Crippen molar-refractivity contribution in [3.05, 3.63) is 42.1 Å². The Kier molecular flexibility index (Phi) is 4.72. The number of hydrogen-bond donors (Lipinski definition) is 2. The highest BCUT2D eigenvalue weighted by atomic mass is 19.3. The first-order valence-electron chi connectivity index (χ1n) is 7.53. The Labute approximate surface area is 150 Å². The summed E-state index contributed by atoms with van der Waals surface area (Å²) in [4.78, 5) is 10.2. The van der Waals surface area contributed by atoms with Crippen LogP contribution < -0.4 is 14.2 Å². The maximum atomic E-state index is 12.6. The summed E-state index contributed by atoms with van der Waals surface area (Å²) in [6.07, 6.45) is -3.69. The highest BCUT2D eigenvalue weighted by Crippen LogP contribution is 2.42. The van der Waals surface area contributed by atoms with Crippen LogP contribution in [0.1, 0.15) is 5.69 Å². The minimum atomic E-state index is -3.69. The van der Waals surface area contributed by atoms with Crippen molar-refractivity contribution in [1.82, 2.24) is 5.16 Å². The second-order valence-electron chi connectivity index (χ2n) is 5.41. The molecule has 0 aliphatic carbocycles. The molecular formula is C17H13F2NO7. The van der Waals surface area contributed by atoms with Crippen LogP contribution in [0.4, 0.5) is 8.78 Å². The fraction of sp³-hybridized carbons (Fsp3) is 0.176. The topological polar surface area (TPSA) is 111 Å². The number of carboxylic acid groups (broad SMARTS) is 1. The third-order valence-electron chi connectivity index (χ3n) is 3.37. The zero-order valence-corrected chi connectivity index (χ0v) is 13.8. The Morgan fingerprint density at radius 1 is 1.19 bits per heavy atom. The third kappa shape index (κ3) is 4.35. The summed E-state index contributed by atoms with van der Waals surface area (Å²) in [5, 5.41) is 22.1. The molecule has 0 spiro atoms. The minimum Gasteiger partial charge on any atom is -0.508 e. The smallest absolute Gasteiger partial charge is 0.508 e. The van der Waals surface area contributed by atoms with Gasteiger partial charge in [-0.15, -0.1) is 8.78 Å². The van der Waals surface area contributed by atoms with Gasteiger partial charge in [-0.25, -0.2) is 4.79 Å². The largest absolute Gasteiger partial charge is 0.586 e. The van der Waals surface area contributed by atoms with Crippen LogP contribution in [-0.4, -0.2) is 34.2 Å². The summed E-state index contributed by atoms with van der Waals surface area (Å²) >= 11 is 0. The number of phenols is 1. The number of hydrogen-bond acceptors (Lipinski definition) is 7. The van der Waals surface area contributed by atoms with Gasteiger partial charge in [0.15, 0.2) is 23.7 Å². The van der Waals surface area contributed by atoms with E-state index in [0.29, 0.717) is 5.58 Å². The number of halogens is 2. The van der Waals surface area contributed by atoms with Crippen LogP contribution >= 0.6 is 0 Å². The Balaban J connectivity index is 0.000000166. The van der Waals surface area contributed by atoms with Crippen molar-refractivity contribution in [3.8, 4) is 23.0 Å². The van der Waals surface area contributed by atoms with E-state index in [0.717, 1.165) is 17.1 Å². The summed E-state index contributed by atoms with van der Waals surface area (Å²) in [5.41, 5.74) is 1.51. The van der Waals surface area contributed by atoms with E-state index in [2.05, 4.69) is 14.6 Å². The highest BCUT2D eigenvalue weighted by Gasteiger charge is 2.43. The summed E-state index contributed by atoms with van der Waals surface area (Å²) in [7, 11) is 0. The Bertz CT molecular complexity index is 987. The molecule has 0 atom stereocenters. The van der Waals surface area contributed by atoms with Gasteiger partial charge in [-0.05, 0) is 37.3 Å². The van der Waals surface area contributed by atoms with Crippen LogP contribution in [0.2, 0.25) is 0 Å². The first-order valence-corrected chi connectivity index (χ1v) is 7.53. The van der Waals surface area contributed by atoms with Crippen molar-refractivity contribution in [2.24, 2.45) is 0 Å². The number of aliphatic carboxylic acids is 1. The van der Waals surface area contributed by atoms with Gasteiger partial charge in [-0.2, -0.15) is 0 Å². The van der Waals surface area contributed by atoms with Crippen molar-refractivity contribution >= 4 is 16.9 Å². The van der Waals surface area contributed by atoms with Crippen molar-refractivity contribution in [2.45, 2.75) is 13.2 Å². The number of aromatic hydroxyl groups is 1. The molecule has 0 unspecified atom stereocenters. The fourth-order valence-corrected chi connectivity index (χ4v) is 2.21. The zero-order chi connectivity index (χ0) is 19.6. The SMILES string of the molecule is Cc1noc2ccc(O)cc12.O=C(O)COc1ccc2c(c1)OC(F)(F)O2. The molecule has 0 bridgehead atoms. The molecule has 2 heterocycles. The van der Waals surface area contributed by atoms with E-state index in [1.807, 2.05) is 6.92 Å². The van der Waals surface area contributed by atoms with Gasteiger partial charge in [0.1, 0.15) is 11.5 Å². The predicted octanol–water partition coefficient (Wildman–Crippen LogP) is 3.31. The molecule has 142 valence electrons. The molecule has 0 radical (unpaired) electrons. The van der Waals surface area contributed by atoms with Gasteiger partial charge in [0, 0.05) is 11.5 Å². The molecule has 27 heavy (non-hydrogen) atoms. The molecule has 0 amide bonds. The number of nitrogens with zero attached hydrogens (tertiary/aromatic N) is 1. The van der Waals surface area contributed by atoms with E-state index >= 15 is 0 Å². The lowest BCUT2D eigenvalue weighted by molar-refractivity contribution is -0.286. The molecule has 10 heteroatoms. The number of phenolic OH excluding ortho intramolecular Hbond substituents is 1.